The van der Waals surface area contributed by atoms with Crippen molar-refractivity contribution >= 4 is 16.9 Å². The van der Waals surface area contributed by atoms with Gasteiger partial charge in [0.25, 0.3) is 5.91 Å². The number of amides is 1. The summed E-state index contributed by atoms with van der Waals surface area (Å²) in [5.41, 5.74) is 1.09. The number of carbonyl (C=O) groups excluding carboxylic acids is 1. The second-order valence-corrected chi connectivity index (χ2v) is 5.31. The van der Waals surface area contributed by atoms with Crippen LogP contribution in [0.2, 0.25) is 0 Å². The lowest BCUT2D eigenvalue weighted by Gasteiger charge is -2.09. The molecule has 1 atom stereocenters. The molecular weight excluding hydrogens is 261 g/mol. The minimum atomic E-state index is -0.499. The van der Waals surface area contributed by atoms with E-state index in [0.29, 0.717) is 22.5 Å². The Hall–Kier alpha value is -1.88. The number of benzene rings is 1. The number of furan rings is 1. The van der Waals surface area contributed by atoms with Crippen molar-refractivity contribution in [2.45, 2.75) is 25.9 Å². The molecule has 1 fully saturated rings. The van der Waals surface area contributed by atoms with Crippen LogP contribution in [0.1, 0.15) is 29.0 Å². The Morgan fingerprint density at radius 2 is 2.30 bits per heavy atom. The highest BCUT2D eigenvalue weighted by atomic mass is 19.1. The summed E-state index contributed by atoms with van der Waals surface area (Å²) < 4.78 is 18.7. The van der Waals surface area contributed by atoms with E-state index in [0.717, 1.165) is 12.8 Å². The molecule has 106 valence electrons. The highest BCUT2D eigenvalue weighted by Crippen LogP contribution is 2.32. The van der Waals surface area contributed by atoms with Crippen LogP contribution in [0.4, 0.5) is 4.39 Å². The van der Waals surface area contributed by atoms with E-state index in [1.54, 1.807) is 6.92 Å². The van der Waals surface area contributed by atoms with Crippen LogP contribution in [-0.2, 0) is 0 Å². The quantitative estimate of drug-likeness (QED) is 0.902. The number of halogens is 1. The molecule has 20 heavy (non-hydrogen) atoms. The third-order valence-corrected chi connectivity index (χ3v) is 3.74. The van der Waals surface area contributed by atoms with Gasteiger partial charge < -0.3 is 14.8 Å². The van der Waals surface area contributed by atoms with Crippen LogP contribution < -0.4 is 5.32 Å². The van der Waals surface area contributed by atoms with E-state index in [1.807, 2.05) is 0 Å². The number of aliphatic hydroxyl groups excluding tert-OH is 1. The molecule has 1 heterocycles. The van der Waals surface area contributed by atoms with Gasteiger partial charge in [-0.05, 0) is 43.9 Å². The first-order valence-electron chi connectivity index (χ1n) is 6.71. The fourth-order valence-corrected chi connectivity index (χ4v) is 2.33. The summed E-state index contributed by atoms with van der Waals surface area (Å²) in [6, 6.07) is 4.15. The molecule has 0 saturated heterocycles. The molecule has 0 radical (unpaired) electrons. The second kappa shape index (κ2) is 4.90. The maximum absolute atomic E-state index is 13.2. The first-order valence-corrected chi connectivity index (χ1v) is 6.71. The third-order valence-electron chi connectivity index (χ3n) is 3.74. The number of nitrogens with one attached hydrogen (secondary N) is 1. The van der Waals surface area contributed by atoms with Gasteiger partial charge >= 0.3 is 0 Å². The summed E-state index contributed by atoms with van der Waals surface area (Å²) >= 11 is 0. The predicted molar refractivity (Wildman–Crippen MR) is 72.0 cm³/mol. The van der Waals surface area contributed by atoms with Gasteiger partial charge in [-0.3, -0.25) is 4.79 Å². The maximum Gasteiger partial charge on any atom is 0.287 e. The van der Waals surface area contributed by atoms with E-state index >= 15 is 0 Å². The minimum Gasteiger partial charge on any atom is -0.451 e. The van der Waals surface area contributed by atoms with Crippen LogP contribution in [-0.4, -0.2) is 23.7 Å². The van der Waals surface area contributed by atoms with Gasteiger partial charge in [-0.1, -0.05) is 0 Å². The van der Waals surface area contributed by atoms with Crippen molar-refractivity contribution in [3.63, 3.8) is 0 Å². The molecule has 1 aromatic carbocycles. The summed E-state index contributed by atoms with van der Waals surface area (Å²) in [5, 5.41) is 13.0. The van der Waals surface area contributed by atoms with Crippen molar-refractivity contribution in [2.24, 2.45) is 5.92 Å². The summed E-state index contributed by atoms with van der Waals surface area (Å²) in [4.78, 5) is 12.1. The molecule has 5 heteroatoms. The number of hydrogen-bond donors (Lipinski definition) is 2. The lowest BCUT2D eigenvalue weighted by Crippen LogP contribution is -2.33. The van der Waals surface area contributed by atoms with Gasteiger partial charge in [-0.15, -0.1) is 0 Å². The van der Waals surface area contributed by atoms with Gasteiger partial charge in [0.05, 0.1) is 6.10 Å². The van der Waals surface area contributed by atoms with Crippen LogP contribution in [0.15, 0.2) is 22.6 Å². The number of fused-ring (bicyclic) bond motifs is 1. The summed E-state index contributed by atoms with van der Waals surface area (Å²) in [6.07, 6.45) is 1.53. The Kier molecular flexibility index (Phi) is 3.22. The van der Waals surface area contributed by atoms with E-state index in [4.69, 9.17) is 4.42 Å². The fourth-order valence-electron chi connectivity index (χ4n) is 2.33. The Morgan fingerprint density at radius 1 is 1.55 bits per heavy atom. The lowest BCUT2D eigenvalue weighted by molar-refractivity contribution is 0.0876. The molecule has 1 aliphatic carbocycles. The normalized spacial score (nSPS) is 16.4. The van der Waals surface area contributed by atoms with E-state index in [2.05, 4.69) is 5.32 Å². The molecule has 2 N–H and O–H groups in total. The summed E-state index contributed by atoms with van der Waals surface area (Å²) in [6.45, 7) is 1.94. The zero-order chi connectivity index (χ0) is 14.3. The van der Waals surface area contributed by atoms with Gasteiger partial charge in [-0.2, -0.15) is 0 Å². The van der Waals surface area contributed by atoms with E-state index in [1.165, 1.54) is 18.2 Å². The monoisotopic (exact) mass is 277 g/mol. The number of rotatable bonds is 4. The second-order valence-electron chi connectivity index (χ2n) is 5.31. The molecular formula is C15H16FNO3. The van der Waals surface area contributed by atoms with Crippen molar-refractivity contribution in [3.05, 3.63) is 35.3 Å². The molecule has 4 nitrogen and oxygen atoms in total. The lowest BCUT2D eigenvalue weighted by atomic mass is 10.1. The first kappa shape index (κ1) is 13.1. The average molecular weight is 277 g/mol. The Balaban J connectivity index is 1.78. The van der Waals surface area contributed by atoms with Crippen LogP contribution in [0.25, 0.3) is 11.0 Å². The predicted octanol–water partition coefficient (Wildman–Crippen LogP) is 2.38. The molecule has 0 bridgehead atoms. The Morgan fingerprint density at radius 3 is 3.00 bits per heavy atom. The van der Waals surface area contributed by atoms with Crippen molar-refractivity contribution in [2.75, 3.05) is 6.54 Å². The summed E-state index contributed by atoms with van der Waals surface area (Å²) in [7, 11) is 0. The number of aryl methyl sites for hydroxylation is 1. The molecule has 1 amide bonds. The molecule has 0 spiro atoms. The highest BCUT2D eigenvalue weighted by molar-refractivity contribution is 5.98. The number of carbonyl (C=O) groups is 1. The van der Waals surface area contributed by atoms with Crippen LogP contribution in [0.5, 0.6) is 0 Å². The molecule has 1 unspecified atom stereocenters. The van der Waals surface area contributed by atoms with Gasteiger partial charge in [0.1, 0.15) is 11.4 Å². The van der Waals surface area contributed by atoms with Gasteiger partial charge in [-0.25, -0.2) is 4.39 Å². The van der Waals surface area contributed by atoms with Crippen LogP contribution >= 0.6 is 0 Å². The zero-order valence-corrected chi connectivity index (χ0v) is 11.1. The van der Waals surface area contributed by atoms with Gasteiger partial charge in [0.15, 0.2) is 5.76 Å². The smallest absolute Gasteiger partial charge is 0.287 e. The highest BCUT2D eigenvalue weighted by Gasteiger charge is 2.30. The summed E-state index contributed by atoms with van der Waals surface area (Å²) in [5.74, 6) is -0.258. The van der Waals surface area contributed by atoms with Crippen molar-refractivity contribution in [3.8, 4) is 0 Å². The molecule has 2 aromatic rings. The van der Waals surface area contributed by atoms with Crippen molar-refractivity contribution in [1.82, 2.24) is 5.32 Å². The topological polar surface area (TPSA) is 62.5 Å². The molecule has 3 rings (SSSR count). The average Bonchev–Trinajstić information content (AvgIpc) is 3.22. The van der Waals surface area contributed by atoms with Gasteiger partial charge in [0, 0.05) is 17.5 Å². The molecule has 1 saturated carbocycles. The SMILES string of the molecule is Cc1c(C(=O)NCC(O)C2CC2)oc2ccc(F)cc12. The standard InChI is InChI=1S/C15H16FNO3/c1-8-11-6-10(16)4-5-13(11)20-14(8)15(19)17-7-12(18)9-2-3-9/h4-6,9,12,18H,2-3,7H2,1H3,(H,17,19). The van der Waals surface area contributed by atoms with Crippen molar-refractivity contribution in [1.29, 1.82) is 0 Å². The van der Waals surface area contributed by atoms with E-state index in [9.17, 15) is 14.3 Å². The number of hydrogen-bond acceptors (Lipinski definition) is 3. The zero-order valence-electron chi connectivity index (χ0n) is 11.1. The van der Waals surface area contributed by atoms with Crippen molar-refractivity contribution < 1.29 is 18.7 Å². The molecule has 0 aliphatic heterocycles. The van der Waals surface area contributed by atoms with Crippen LogP contribution in [0, 0.1) is 18.7 Å². The molecule has 1 aliphatic rings. The number of aliphatic hydroxyl groups is 1. The third kappa shape index (κ3) is 2.41. The largest absolute Gasteiger partial charge is 0.451 e. The Labute approximate surface area is 115 Å². The van der Waals surface area contributed by atoms with E-state index < -0.39 is 6.10 Å². The maximum atomic E-state index is 13.2. The Bertz CT molecular complexity index is 660. The first-order chi connectivity index (χ1) is 9.56. The molecule has 1 aromatic heterocycles. The van der Waals surface area contributed by atoms with Gasteiger partial charge in [0.2, 0.25) is 0 Å². The van der Waals surface area contributed by atoms with Crippen LogP contribution in [0.3, 0.4) is 0 Å². The fraction of sp³-hybridized carbons (Fsp3) is 0.400. The minimum absolute atomic E-state index is 0.175. The van der Waals surface area contributed by atoms with E-state index in [-0.39, 0.29) is 24.0 Å².